The van der Waals surface area contributed by atoms with Crippen molar-refractivity contribution in [3.8, 4) is 0 Å². The molecule has 1 heterocycles. The van der Waals surface area contributed by atoms with Crippen LogP contribution >= 0.6 is 15.9 Å². The van der Waals surface area contributed by atoms with E-state index >= 15 is 0 Å². The third-order valence-corrected chi connectivity index (χ3v) is 3.65. The molecule has 3 aromatic rings. The zero-order valence-corrected chi connectivity index (χ0v) is 12.5. The predicted octanol–water partition coefficient (Wildman–Crippen LogP) is 4.10. The minimum absolute atomic E-state index is 0.212. The highest BCUT2D eigenvalue weighted by atomic mass is 79.9. The number of para-hydroxylation sites is 2. The number of hydrogen-bond acceptors (Lipinski definition) is 2. The molecule has 0 unspecified atom stereocenters. The first-order valence-corrected chi connectivity index (χ1v) is 7.02. The van der Waals surface area contributed by atoms with E-state index in [2.05, 4.69) is 25.9 Å². The highest BCUT2D eigenvalue weighted by Gasteiger charge is 2.10. The molecule has 0 saturated heterocycles. The molecule has 1 N–H and O–H groups in total. The number of nitrogens with zero attached hydrogens (tertiary/aromatic N) is 2. The van der Waals surface area contributed by atoms with Crippen molar-refractivity contribution >= 4 is 32.9 Å². The molecule has 0 bridgehead atoms. The quantitative estimate of drug-likeness (QED) is 0.782. The molecular weight excluding hydrogens is 321 g/mol. The predicted molar refractivity (Wildman–Crippen MR) is 82.3 cm³/mol. The van der Waals surface area contributed by atoms with Gasteiger partial charge in [-0.25, -0.2) is 9.37 Å². The van der Waals surface area contributed by atoms with E-state index in [0.717, 1.165) is 21.5 Å². The minimum atomic E-state index is -0.212. The normalized spacial score (nSPS) is 10.9. The van der Waals surface area contributed by atoms with Crippen LogP contribution in [0.5, 0.6) is 0 Å². The molecule has 20 heavy (non-hydrogen) atoms. The molecule has 0 aliphatic rings. The van der Waals surface area contributed by atoms with Crippen LogP contribution in [0, 0.1) is 5.82 Å². The summed E-state index contributed by atoms with van der Waals surface area (Å²) < 4.78 is 14.6. The largest absolute Gasteiger partial charge is 0.341 e. The Labute approximate surface area is 124 Å². The van der Waals surface area contributed by atoms with Gasteiger partial charge in [0.1, 0.15) is 5.82 Å². The minimum Gasteiger partial charge on any atom is -0.341 e. The summed E-state index contributed by atoms with van der Waals surface area (Å²) >= 11 is 3.36. The molecule has 0 fully saturated rings. The molecule has 0 radical (unpaired) electrons. The van der Waals surface area contributed by atoms with Crippen LogP contribution in [0.2, 0.25) is 0 Å². The van der Waals surface area contributed by atoms with Crippen molar-refractivity contribution in [2.75, 3.05) is 11.9 Å². The fourth-order valence-corrected chi connectivity index (χ4v) is 2.52. The van der Waals surface area contributed by atoms with E-state index in [1.54, 1.807) is 12.1 Å². The first-order valence-electron chi connectivity index (χ1n) is 6.23. The molecule has 5 heteroatoms. The van der Waals surface area contributed by atoms with E-state index in [-0.39, 0.29) is 5.82 Å². The Morgan fingerprint density at radius 1 is 1.25 bits per heavy atom. The van der Waals surface area contributed by atoms with Crippen molar-refractivity contribution in [2.24, 2.45) is 0 Å². The van der Waals surface area contributed by atoms with Crippen LogP contribution in [0.25, 0.3) is 11.0 Å². The zero-order chi connectivity index (χ0) is 14.1. The molecule has 0 aliphatic carbocycles. The second-order valence-corrected chi connectivity index (χ2v) is 5.59. The van der Waals surface area contributed by atoms with E-state index in [1.165, 1.54) is 6.07 Å². The molecular formula is C15H13BrFN3. The number of H-pyrrole nitrogens is 1. The second-order valence-electron chi connectivity index (χ2n) is 4.67. The number of anilines is 1. The van der Waals surface area contributed by atoms with Gasteiger partial charge < -0.3 is 9.88 Å². The van der Waals surface area contributed by atoms with Gasteiger partial charge in [-0.3, -0.25) is 0 Å². The van der Waals surface area contributed by atoms with Crippen molar-refractivity contribution in [1.29, 1.82) is 0 Å². The molecule has 102 valence electrons. The first-order chi connectivity index (χ1) is 9.63. The lowest BCUT2D eigenvalue weighted by Crippen LogP contribution is -2.18. The van der Waals surface area contributed by atoms with Gasteiger partial charge in [0.05, 0.1) is 11.0 Å². The average Bonchev–Trinajstić information content (AvgIpc) is 2.87. The molecule has 0 aliphatic heterocycles. The molecule has 2 aromatic carbocycles. The number of benzene rings is 2. The van der Waals surface area contributed by atoms with Gasteiger partial charge in [0.25, 0.3) is 0 Å². The summed E-state index contributed by atoms with van der Waals surface area (Å²) in [6.07, 6.45) is 0. The number of fused-ring (bicyclic) bond motifs is 1. The molecule has 0 spiro atoms. The highest BCUT2D eigenvalue weighted by Crippen LogP contribution is 2.20. The number of nitrogens with one attached hydrogen (secondary N) is 1. The van der Waals surface area contributed by atoms with Gasteiger partial charge in [0.2, 0.25) is 5.95 Å². The van der Waals surface area contributed by atoms with Crippen LogP contribution < -0.4 is 4.90 Å². The van der Waals surface area contributed by atoms with E-state index in [1.807, 2.05) is 36.2 Å². The molecule has 0 atom stereocenters. The topological polar surface area (TPSA) is 31.9 Å². The molecule has 1 aromatic heterocycles. The number of hydrogen-bond donors (Lipinski definition) is 1. The molecule has 3 rings (SSSR count). The third-order valence-electron chi connectivity index (χ3n) is 3.15. The Morgan fingerprint density at radius 2 is 2.05 bits per heavy atom. The molecule has 3 nitrogen and oxygen atoms in total. The van der Waals surface area contributed by atoms with E-state index in [9.17, 15) is 4.39 Å². The van der Waals surface area contributed by atoms with Crippen molar-refractivity contribution in [1.82, 2.24) is 9.97 Å². The van der Waals surface area contributed by atoms with Crippen LogP contribution in [-0.2, 0) is 6.54 Å². The van der Waals surface area contributed by atoms with E-state index < -0.39 is 0 Å². The standard InChI is InChI=1S/C15H13BrFN3/c1-20(9-10-8-11(16)6-7-12(10)17)15-18-13-4-2-3-5-14(13)19-15/h2-8H,9H2,1H3,(H,18,19). The van der Waals surface area contributed by atoms with Crippen LogP contribution in [0.1, 0.15) is 5.56 Å². The summed E-state index contributed by atoms with van der Waals surface area (Å²) in [4.78, 5) is 9.62. The van der Waals surface area contributed by atoms with Gasteiger partial charge in [0.15, 0.2) is 0 Å². The fourth-order valence-electron chi connectivity index (χ4n) is 2.11. The van der Waals surface area contributed by atoms with Crippen LogP contribution in [0.3, 0.4) is 0 Å². The highest BCUT2D eigenvalue weighted by molar-refractivity contribution is 9.10. The first kappa shape index (κ1) is 13.1. The summed E-state index contributed by atoms with van der Waals surface area (Å²) in [6, 6.07) is 12.8. The lowest BCUT2D eigenvalue weighted by atomic mass is 10.2. The number of aromatic nitrogens is 2. The van der Waals surface area contributed by atoms with Crippen molar-refractivity contribution in [3.63, 3.8) is 0 Å². The summed E-state index contributed by atoms with van der Waals surface area (Å²) in [5.74, 6) is 0.515. The van der Waals surface area contributed by atoms with Crippen molar-refractivity contribution in [2.45, 2.75) is 6.54 Å². The van der Waals surface area contributed by atoms with Crippen molar-refractivity contribution in [3.05, 3.63) is 58.3 Å². The van der Waals surface area contributed by atoms with Crippen molar-refractivity contribution < 1.29 is 4.39 Å². The number of aromatic amines is 1. The van der Waals surface area contributed by atoms with Gasteiger partial charge in [0, 0.05) is 23.6 Å². The van der Waals surface area contributed by atoms with Gasteiger partial charge in [-0.05, 0) is 30.3 Å². The van der Waals surface area contributed by atoms with Gasteiger partial charge in [-0.2, -0.15) is 0 Å². The Balaban J connectivity index is 1.88. The molecule has 0 amide bonds. The average molecular weight is 334 g/mol. The lowest BCUT2D eigenvalue weighted by molar-refractivity contribution is 0.606. The Hall–Kier alpha value is -1.88. The molecule has 0 saturated carbocycles. The summed E-state index contributed by atoms with van der Waals surface area (Å²) in [5, 5.41) is 0. The second kappa shape index (κ2) is 5.25. The number of rotatable bonds is 3. The van der Waals surface area contributed by atoms with Gasteiger partial charge in [-0.1, -0.05) is 28.1 Å². The smallest absolute Gasteiger partial charge is 0.203 e. The number of imidazole rings is 1. The fraction of sp³-hybridized carbons (Fsp3) is 0.133. The monoisotopic (exact) mass is 333 g/mol. The van der Waals surface area contributed by atoms with Gasteiger partial charge >= 0.3 is 0 Å². The summed E-state index contributed by atoms with van der Waals surface area (Å²) in [5.41, 5.74) is 2.51. The maximum Gasteiger partial charge on any atom is 0.203 e. The van der Waals surface area contributed by atoms with Crippen LogP contribution in [0.4, 0.5) is 10.3 Å². The SMILES string of the molecule is CN(Cc1cc(Br)ccc1F)c1nc2ccccc2[nH]1. The van der Waals surface area contributed by atoms with Gasteiger partial charge in [-0.15, -0.1) is 0 Å². The Bertz CT molecular complexity index is 721. The van der Waals surface area contributed by atoms with Crippen LogP contribution in [0.15, 0.2) is 46.9 Å². The maximum absolute atomic E-state index is 13.8. The number of halogens is 2. The lowest BCUT2D eigenvalue weighted by Gasteiger charge is -2.16. The van der Waals surface area contributed by atoms with E-state index in [0.29, 0.717) is 12.1 Å². The van der Waals surface area contributed by atoms with E-state index in [4.69, 9.17) is 0 Å². The summed E-state index contributed by atoms with van der Waals surface area (Å²) in [6.45, 7) is 0.449. The zero-order valence-electron chi connectivity index (χ0n) is 10.9. The third kappa shape index (κ3) is 2.54. The maximum atomic E-state index is 13.8. The van der Waals surface area contributed by atoms with Crippen LogP contribution in [-0.4, -0.2) is 17.0 Å². The Morgan fingerprint density at radius 3 is 2.85 bits per heavy atom. The Kier molecular flexibility index (Phi) is 3.44. The summed E-state index contributed by atoms with van der Waals surface area (Å²) in [7, 11) is 1.89.